The van der Waals surface area contributed by atoms with Crippen LogP contribution in [-0.4, -0.2) is 20.0 Å². The predicted molar refractivity (Wildman–Crippen MR) is 69.8 cm³/mol. The monoisotopic (exact) mass is 261 g/mol. The predicted octanol–water partition coefficient (Wildman–Crippen LogP) is 2.81. The molecule has 6 heteroatoms. The molecule has 2 rings (SSSR count). The summed E-state index contributed by atoms with van der Waals surface area (Å²) in [6, 6.07) is 2.12. The van der Waals surface area contributed by atoms with Crippen molar-refractivity contribution in [3.8, 4) is 11.2 Å². The molecular formula is C12H15N5S. The Morgan fingerprint density at radius 3 is 2.67 bits per heavy atom. The van der Waals surface area contributed by atoms with Crippen LogP contribution in [-0.2, 0) is 0 Å². The fourth-order valence-electron chi connectivity index (χ4n) is 1.99. The normalized spacial score (nSPS) is 10.8. The largest absolute Gasteiger partial charge is 0.224 e. The van der Waals surface area contributed by atoms with E-state index in [2.05, 4.69) is 35.2 Å². The highest BCUT2D eigenvalue weighted by atomic mass is 32.1. The van der Waals surface area contributed by atoms with Crippen molar-refractivity contribution in [2.24, 2.45) is 0 Å². The minimum atomic E-state index is 0.291. The van der Waals surface area contributed by atoms with Gasteiger partial charge in [0.05, 0.1) is 11.4 Å². The third kappa shape index (κ3) is 2.14. The first kappa shape index (κ1) is 12.7. The summed E-state index contributed by atoms with van der Waals surface area (Å²) in [6.45, 7) is 6.17. The summed E-state index contributed by atoms with van der Waals surface area (Å²) in [5.74, 6) is 0.291. The van der Waals surface area contributed by atoms with E-state index in [-0.39, 0.29) is 0 Å². The summed E-state index contributed by atoms with van der Waals surface area (Å²) in [7, 11) is 0. The lowest BCUT2D eigenvalue weighted by molar-refractivity contribution is 0.593. The highest BCUT2D eigenvalue weighted by Crippen LogP contribution is 2.28. The van der Waals surface area contributed by atoms with Crippen LogP contribution in [0.2, 0.25) is 0 Å². The van der Waals surface area contributed by atoms with Crippen LogP contribution >= 0.6 is 11.3 Å². The zero-order valence-corrected chi connectivity index (χ0v) is 11.5. The summed E-state index contributed by atoms with van der Waals surface area (Å²) >= 11 is 1.52. The van der Waals surface area contributed by atoms with Gasteiger partial charge in [-0.1, -0.05) is 19.1 Å². The van der Waals surface area contributed by atoms with Crippen LogP contribution in [0.4, 0.5) is 0 Å². The summed E-state index contributed by atoms with van der Waals surface area (Å²) in [4.78, 5) is 4.41. The molecule has 2 aromatic rings. The van der Waals surface area contributed by atoms with Gasteiger partial charge in [-0.3, -0.25) is 0 Å². The van der Waals surface area contributed by atoms with Crippen molar-refractivity contribution in [2.75, 3.05) is 0 Å². The van der Waals surface area contributed by atoms with E-state index in [1.165, 1.54) is 11.3 Å². The number of aryl methyl sites for hydroxylation is 1. The van der Waals surface area contributed by atoms with Crippen molar-refractivity contribution < 1.29 is 0 Å². The highest BCUT2D eigenvalue weighted by Gasteiger charge is 2.22. The van der Waals surface area contributed by atoms with Crippen LogP contribution in [0, 0.1) is 18.3 Å². The molecule has 0 aromatic carbocycles. The van der Waals surface area contributed by atoms with Crippen LogP contribution in [0.5, 0.6) is 0 Å². The van der Waals surface area contributed by atoms with Gasteiger partial charge in [-0.25, -0.2) is 4.98 Å². The van der Waals surface area contributed by atoms with Gasteiger partial charge in [0.1, 0.15) is 6.07 Å². The van der Waals surface area contributed by atoms with E-state index in [1.54, 1.807) is 4.68 Å². The zero-order valence-electron chi connectivity index (χ0n) is 10.7. The van der Waals surface area contributed by atoms with Gasteiger partial charge in [0.2, 0.25) is 5.13 Å². The lowest BCUT2D eigenvalue weighted by Crippen LogP contribution is -2.08. The molecule has 0 aliphatic rings. The van der Waals surface area contributed by atoms with Crippen LogP contribution in [0.1, 0.15) is 49.7 Å². The molecule has 0 bridgehead atoms. The summed E-state index contributed by atoms with van der Waals surface area (Å²) in [5.41, 5.74) is 2.26. The van der Waals surface area contributed by atoms with Gasteiger partial charge in [0.15, 0.2) is 5.69 Å². The SMILES string of the molecule is CCC(CC)c1c(C#N)nnn1-c1nc(C)cs1. The number of rotatable bonds is 4. The Kier molecular flexibility index (Phi) is 3.72. The van der Waals surface area contributed by atoms with Crippen LogP contribution in [0.25, 0.3) is 5.13 Å². The second-order valence-electron chi connectivity index (χ2n) is 4.13. The van der Waals surface area contributed by atoms with Gasteiger partial charge in [-0.05, 0) is 19.8 Å². The first-order valence-electron chi connectivity index (χ1n) is 5.99. The zero-order chi connectivity index (χ0) is 13.1. The first-order chi connectivity index (χ1) is 8.71. The van der Waals surface area contributed by atoms with E-state index in [1.807, 2.05) is 12.3 Å². The summed E-state index contributed by atoms with van der Waals surface area (Å²) < 4.78 is 1.72. The number of aromatic nitrogens is 4. The molecule has 18 heavy (non-hydrogen) atoms. The second-order valence-corrected chi connectivity index (χ2v) is 4.97. The van der Waals surface area contributed by atoms with Gasteiger partial charge in [0.25, 0.3) is 0 Å². The lowest BCUT2D eigenvalue weighted by Gasteiger charge is -2.12. The van der Waals surface area contributed by atoms with Crippen molar-refractivity contribution in [3.63, 3.8) is 0 Å². The lowest BCUT2D eigenvalue weighted by atomic mass is 9.98. The highest BCUT2D eigenvalue weighted by molar-refractivity contribution is 7.12. The molecule has 94 valence electrons. The smallest absolute Gasteiger partial charge is 0.212 e. The Labute approximate surface area is 110 Å². The van der Waals surface area contributed by atoms with Gasteiger partial charge >= 0.3 is 0 Å². The fraction of sp³-hybridized carbons (Fsp3) is 0.500. The Hall–Kier alpha value is -1.74. The maximum absolute atomic E-state index is 9.14. The van der Waals surface area contributed by atoms with Crippen molar-refractivity contribution in [2.45, 2.75) is 39.5 Å². The Morgan fingerprint density at radius 1 is 1.44 bits per heavy atom. The molecule has 0 aliphatic carbocycles. The third-order valence-corrected chi connectivity index (χ3v) is 3.91. The van der Waals surface area contributed by atoms with Gasteiger partial charge < -0.3 is 0 Å². The molecule has 0 spiro atoms. The van der Waals surface area contributed by atoms with Gasteiger partial charge in [-0.2, -0.15) is 9.94 Å². The summed E-state index contributed by atoms with van der Waals surface area (Å²) in [5, 5.41) is 19.9. The van der Waals surface area contributed by atoms with Crippen molar-refractivity contribution >= 4 is 11.3 Å². The maximum Gasteiger partial charge on any atom is 0.212 e. The molecule has 0 saturated carbocycles. The molecule has 0 saturated heterocycles. The number of nitriles is 1. The molecule has 2 heterocycles. The van der Waals surface area contributed by atoms with E-state index >= 15 is 0 Å². The molecule has 0 amide bonds. The minimum Gasteiger partial charge on any atom is -0.224 e. The Balaban J connectivity index is 2.55. The topological polar surface area (TPSA) is 67.4 Å². The average Bonchev–Trinajstić information content (AvgIpc) is 2.97. The second kappa shape index (κ2) is 5.27. The van der Waals surface area contributed by atoms with Crippen LogP contribution < -0.4 is 0 Å². The average molecular weight is 261 g/mol. The van der Waals surface area contributed by atoms with E-state index in [0.717, 1.165) is 29.4 Å². The third-order valence-electron chi connectivity index (χ3n) is 2.97. The van der Waals surface area contributed by atoms with E-state index < -0.39 is 0 Å². The maximum atomic E-state index is 9.14. The molecule has 0 unspecified atom stereocenters. The Morgan fingerprint density at radius 2 is 2.17 bits per heavy atom. The number of nitrogens with zero attached hydrogens (tertiary/aromatic N) is 5. The van der Waals surface area contributed by atoms with E-state index in [4.69, 9.17) is 5.26 Å². The van der Waals surface area contributed by atoms with Gasteiger partial charge in [0, 0.05) is 11.3 Å². The quantitative estimate of drug-likeness (QED) is 0.848. The first-order valence-corrected chi connectivity index (χ1v) is 6.87. The number of hydrogen-bond acceptors (Lipinski definition) is 5. The van der Waals surface area contributed by atoms with Crippen molar-refractivity contribution in [3.05, 3.63) is 22.5 Å². The fourth-order valence-corrected chi connectivity index (χ4v) is 2.75. The Bertz CT molecular complexity index is 574. The number of hydrogen-bond donors (Lipinski definition) is 0. The van der Waals surface area contributed by atoms with Crippen LogP contribution in [0.15, 0.2) is 5.38 Å². The molecule has 0 radical (unpaired) electrons. The molecule has 0 N–H and O–H groups in total. The standard InChI is InChI=1S/C12H15N5S/c1-4-9(5-2)11-10(6-13)15-16-17(11)12-14-8(3)7-18-12/h7,9H,4-5H2,1-3H3. The van der Waals surface area contributed by atoms with Crippen molar-refractivity contribution in [1.29, 1.82) is 5.26 Å². The molecule has 2 aromatic heterocycles. The molecule has 0 fully saturated rings. The molecule has 0 aliphatic heterocycles. The minimum absolute atomic E-state index is 0.291. The van der Waals surface area contributed by atoms with Gasteiger partial charge in [-0.15, -0.1) is 16.4 Å². The van der Waals surface area contributed by atoms with Crippen LogP contribution in [0.3, 0.4) is 0 Å². The van der Waals surface area contributed by atoms with E-state index in [0.29, 0.717) is 11.6 Å². The number of thiazole rings is 1. The van der Waals surface area contributed by atoms with E-state index in [9.17, 15) is 0 Å². The van der Waals surface area contributed by atoms with Crippen molar-refractivity contribution in [1.82, 2.24) is 20.0 Å². The summed E-state index contributed by atoms with van der Waals surface area (Å²) in [6.07, 6.45) is 1.92. The molecule has 0 atom stereocenters. The molecule has 5 nitrogen and oxygen atoms in total. The molecular weight excluding hydrogens is 246 g/mol.